The van der Waals surface area contributed by atoms with Gasteiger partial charge in [0.15, 0.2) is 0 Å². The van der Waals surface area contributed by atoms with Crippen molar-refractivity contribution in [1.29, 1.82) is 0 Å². The molecule has 0 heterocycles. The summed E-state index contributed by atoms with van der Waals surface area (Å²) < 4.78 is 21.7. The van der Waals surface area contributed by atoms with E-state index in [1.165, 1.54) is 0 Å². The average molecular weight is 233 g/mol. The zero-order valence-electron chi connectivity index (χ0n) is 8.20. The molecule has 0 spiro atoms. The molecule has 0 radical (unpaired) electrons. The Balaban J connectivity index is 2.95. The van der Waals surface area contributed by atoms with Gasteiger partial charge >= 0.3 is 0 Å². The van der Waals surface area contributed by atoms with Crippen LogP contribution in [-0.2, 0) is 14.8 Å². The van der Waals surface area contributed by atoms with Crippen molar-refractivity contribution in [2.45, 2.75) is 25.5 Å². The molecule has 0 aromatic heterocycles. The number of hydrogen-bond acceptors (Lipinski definition) is 2. The molecule has 2 nitrogen and oxygen atoms in total. The summed E-state index contributed by atoms with van der Waals surface area (Å²) >= 11 is 0. The van der Waals surface area contributed by atoms with Gasteiger partial charge in [-0.2, -0.15) is 0 Å². The van der Waals surface area contributed by atoms with Gasteiger partial charge in [-0.3, -0.25) is 0 Å². The molecule has 0 atom stereocenters. The lowest BCUT2D eigenvalue weighted by atomic mass is 10.0. The van der Waals surface area contributed by atoms with E-state index in [1.54, 1.807) is 6.07 Å². The molecule has 0 amide bonds. The fraction of sp³-hybridized carbons (Fsp3) is 0.400. The minimum absolute atomic E-state index is 0.102. The Morgan fingerprint density at radius 2 is 2.00 bits per heavy atom. The van der Waals surface area contributed by atoms with Gasteiger partial charge in [0.25, 0.3) is 0 Å². The van der Waals surface area contributed by atoms with Crippen LogP contribution in [0.4, 0.5) is 0 Å². The second-order valence-electron chi connectivity index (χ2n) is 3.58. The van der Waals surface area contributed by atoms with Crippen LogP contribution in [0.25, 0.3) is 0 Å². The van der Waals surface area contributed by atoms with Gasteiger partial charge in [0, 0.05) is 10.7 Å². The molecule has 14 heavy (non-hydrogen) atoms. The first-order chi connectivity index (χ1) is 6.38. The van der Waals surface area contributed by atoms with Crippen molar-refractivity contribution in [3.8, 4) is 0 Å². The van der Waals surface area contributed by atoms with Gasteiger partial charge in [-0.1, -0.05) is 38.1 Å². The van der Waals surface area contributed by atoms with E-state index in [0.717, 1.165) is 11.1 Å². The van der Waals surface area contributed by atoms with Crippen molar-refractivity contribution in [2.24, 2.45) is 0 Å². The minimum Gasteiger partial charge on any atom is -0.212 e. The predicted octanol–water partition coefficient (Wildman–Crippen LogP) is 2.88. The lowest BCUT2D eigenvalue weighted by Crippen LogP contribution is -1.96. The summed E-state index contributed by atoms with van der Waals surface area (Å²) in [5.41, 5.74) is 1.87. The smallest absolute Gasteiger partial charge is 0.212 e. The second kappa shape index (κ2) is 4.32. The number of benzene rings is 1. The molecule has 0 fully saturated rings. The van der Waals surface area contributed by atoms with Crippen molar-refractivity contribution in [1.82, 2.24) is 0 Å². The van der Waals surface area contributed by atoms with Gasteiger partial charge in [-0.15, -0.1) is 0 Å². The monoisotopic (exact) mass is 232 g/mol. The summed E-state index contributed by atoms with van der Waals surface area (Å²) in [7, 11) is 1.72. The zero-order chi connectivity index (χ0) is 10.8. The van der Waals surface area contributed by atoms with E-state index in [0.29, 0.717) is 5.92 Å². The lowest BCUT2D eigenvalue weighted by Gasteiger charge is -2.06. The van der Waals surface area contributed by atoms with Gasteiger partial charge in [-0.05, 0) is 17.0 Å². The van der Waals surface area contributed by atoms with Crippen molar-refractivity contribution < 1.29 is 8.42 Å². The quantitative estimate of drug-likeness (QED) is 0.751. The standard InChI is InChI=1S/C10H13ClO2S/c1-8(2)10-5-3-4-9(6-10)7-14(11,12)13/h3-6,8H,7H2,1-2H3. The summed E-state index contributed by atoms with van der Waals surface area (Å²) in [5, 5.41) is 0. The molecular weight excluding hydrogens is 220 g/mol. The van der Waals surface area contributed by atoms with Gasteiger partial charge in [0.1, 0.15) is 0 Å². The van der Waals surface area contributed by atoms with Gasteiger partial charge in [0.05, 0.1) is 5.75 Å². The van der Waals surface area contributed by atoms with Gasteiger partial charge < -0.3 is 0 Å². The highest BCUT2D eigenvalue weighted by Crippen LogP contribution is 2.17. The first kappa shape index (κ1) is 11.5. The maximum atomic E-state index is 10.8. The third kappa shape index (κ3) is 3.68. The van der Waals surface area contributed by atoms with Crippen LogP contribution >= 0.6 is 10.7 Å². The van der Waals surface area contributed by atoms with Crippen LogP contribution in [0.2, 0.25) is 0 Å². The van der Waals surface area contributed by atoms with E-state index in [4.69, 9.17) is 10.7 Å². The van der Waals surface area contributed by atoms with Crippen molar-refractivity contribution in [3.63, 3.8) is 0 Å². The largest absolute Gasteiger partial charge is 0.236 e. The number of halogens is 1. The Morgan fingerprint density at radius 3 is 2.50 bits per heavy atom. The molecule has 0 aliphatic carbocycles. The topological polar surface area (TPSA) is 34.1 Å². The highest BCUT2D eigenvalue weighted by molar-refractivity contribution is 8.13. The summed E-state index contributed by atoms with van der Waals surface area (Å²) in [5.74, 6) is 0.294. The third-order valence-electron chi connectivity index (χ3n) is 1.96. The van der Waals surface area contributed by atoms with Crippen molar-refractivity contribution >= 4 is 19.7 Å². The molecule has 0 unspecified atom stereocenters. The molecule has 1 aromatic carbocycles. The molecule has 78 valence electrons. The normalized spacial score (nSPS) is 12.0. The van der Waals surface area contributed by atoms with Crippen LogP contribution in [0.1, 0.15) is 30.9 Å². The maximum Gasteiger partial charge on any atom is 0.236 e. The van der Waals surface area contributed by atoms with E-state index < -0.39 is 9.05 Å². The lowest BCUT2D eigenvalue weighted by molar-refractivity contribution is 0.609. The summed E-state index contributed by atoms with van der Waals surface area (Å²) in [6, 6.07) is 7.48. The Bertz CT molecular complexity index is 410. The highest BCUT2D eigenvalue weighted by atomic mass is 35.7. The second-order valence-corrected chi connectivity index (χ2v) is 6.36. The summed E-state index contributed by atoms with van der Waals surface area (Å²) in [6.07, 6.45) is 0. The molecule has 1 rings (SSSR count). The first-order valence-electron chi connectivity index (χ1n) is 4.39. The van der Waals surface area contributed by atoms with E-state index in [2.05, 4.69) is 13.8 Å². The third-order valence-corrected chi connectivity index (χ3v) is 2.96. The summed E-state index contributed by atoms with van der Waals surface area (Å²) in [6.45, 7) is 4.13. The van der Waals surface area contributed by atoms with E-state index in [9.17, 15) is 8.42 Å². The highest BCUT2D eigenvalue weighted by Gasteiger charge is 2.08. The molecule has 0 saturated heterocycles. The van der Waals surface area contributed by atoms with Gasteiger partial charge in [0.2, 0.25) is 9.05 Å². The Morgan fingerprint density at radius 1 is 1.36 bits per heavy atom. The molecule has 0 N–H and O–H groups in total. The average Bonchev–Trinajstić information content (AvgIpc) is 2.01. The SMILES string of the molecule is CC(C)c1cccc(CS(=O)(=O)Cl)c1. The maximum absolute atomic E-state index is 10.8. The molecule has 0 bridgehead atoms. The van der Waals surface area contributed by atoms with Crippen molar-refractivity contribution in [2.75, 3.05) is 0 Å². The molecule has 0 saturated carbocycles. The molecule has 1 aromatic rings. The molecule has 0 aliphatic rings. The van der Waals surface area contributed by atoms with Crippen LogP contribution in [0.5, 0.6) is 0 Å². The minimum atomic E-state index is -3.45. The number of hydrogen-bond donors (Lipinski definition) is 0. The van der Waals surface area contributed by atoms with E-state index in [1.807, 2.05) is 18.2 Å². The van der Waals surface area contributed by atoms with Crippen LogP contribution in [0.3, 0.4) is 0 Å². The van der Waals surface area contributed by atoms with Crippen molar-refractivity contribution in [3.05, 3.63) is 35.4 Å². The van der Waals surface area contributed by atoms with E-state index >= 15 is 0 Å². The van der Waals surface area contributed by atoms with E-state index in [-0.39, 0.29) is 5.75 Å². The van der Waals surface area contributed by atoms with Crippen LogP contribution in [-0.4, -0.2) is 8.42 Å². The Kier molecular flexibility index (Phi) is 3.56. The van der Waals surface area contributed by atoms with Crippen LogP contribution < -0.4 is 0 Å². The van der Waals surface area contributed by atoms with Gasteiger partial charge in [-0.25, -0.2) is 8.42 Å². The number of rotatable bonds is 3. The van der Waals surface area contributed by atoms with Crippen LogP contribution in [0, 0.1) is 0 Å². The Hall–Kier alpha value is -0.540. The first-order valence-corrected chi connectivity index (χ1v) is 6.87. The fourth-order valence-corrected chi connectivity index (χ4v) is 2.20. The predicted molar refractivity (Wildman–Crippen MR) is 59.0 cm³/mol. The molecule has 4 heteroatoms. The molecule has 0 aliphatic heterocycles. The van der Waals surface area contributed by atoms with Crippen LogP contribution in [0.15, 0.2) is 24.3 Å². The summed E-state index contributed by atoms with van der Waals surface area (Å²) in [4.78, 5) is 0. The Labute approximate surface area is 89.3 Å². The zero-order valence-corrected chi connectivity index (χ0v) is 9.77. The molecular formula is C10H13ClO2S. The fourth-order valence-electron chi connectivity index (χ4n) is 1.24.